The molecule has 0 aliphatic heterocycles. The molecule has 0 bridgehead atoms. The van der Waals surface area contributed by atoms with Gasteiger partial charge in [-0.25, -0.2) is 9.50 Å². The lowest BCUT2D eigenvalue weighted by Crippen LogP contribution is -2.10. The summed E-state index contributed by atoms with van der Waals surface area (Å²) in [7, 11) is 1.65. The third-order valence-electron chi connectivity index (χ3n) is 5.08. The minimum absolute atomic E-state index is 0.239. The van der Waals surface area contributed by atoms with E-state index in [9.17, 15) is 4.79 Å². The second-order valence-electron chi connectivity index (χ2n) is 6.94. The van der Waals surface area contributed by atoms with Gasteiger partial charge >= 0.3 is 5.97 Å². The molecule has 0 saturated carbocycles. The van der Waals surface area contributed by atoms with Gasteiger partial charge in [-0.2, -0.15) is 10.1 Å². The molecule has 0 radical (unpaired) electrons. The van der Waals surface area contributed by atoms with Crippen molar-refractivity contribution in [1.29, 1.82) is 0 Å². The van der Waals surface area contributed by atoms with Crippen LogP contribution >= 0.6 is 0 Å². The van der Waals surface area contributed by atoms with Crippen LogP contribution in [0.2, 0.25) is 0 Å². The molecule has 2 heterocycles. The van der Waals surface area contributed by atoms with Gasteiger partial charge in [-0.15, -0.1) is 0 Å². The first-order valence-corrected chi connectivity index (χ1v) is 9.43. The maximum Gasteiger partial charge on any atom is 0.306 e. The molecule has 2 aromatic carbocycles. The highest BCUT2D eigenvalue weighted by Gasteiger charge is 2.13. The summed E-state index contributed by atoms with van der Waals surface area (Å²) in [5.74, 6) is 1.15. The summed E-state index contributed by atoms with van der Waals surface area (Å²) >= 11 is 0. The standard InChI is InChI=1S/C22H22N4O3/c1-14-20(15(2)26-22(25-14)23-13-24-26)8-9-21(27)29-12-16-4-5-18-11-19(28-3)7-6-17(18)10-16/h4-7,10-11,13H,8-9,12H2,1-3H3. The highest BCUT2D eigenvalue weighted by atomic mass is 16.5. The van der Waals surface area contributed by atoms with Gasteiger partial charge in [0, 0.05) is 17.8 Å². The van der Waals surface area contributed by atoms with Crippen LogP contribution in [0.3, 0.4) is 0 Å². The van der Waals surface area contributed by atoms with Crippen molar-refractivity contribution in [3.63, 3.8) is 0 Å². The van der Waals surface area contributed by atoms with Crippen LogP contribution in [0.15, 0.2) is 42.7 Å². The predicted molar refractivity (Wildman–Crippen MR) is 109 cm³/mol. The van der Waals surface area contributed by atoms with Crippen LogP contribution in [0.5, 0.6) is 5.75 Å². The van der Waals surface area contributed by atoms with E-state index in [4.69, 9.17) is 9.47 Å². The number of hydrogen-bond donors (Lipinski definition) is 0. The third kappa shape index (κ3) is 3.89. The Morgan fingerprint density at radius 1 is 1.10 bits per heavy atom. The number of carbonyl (C=O) groups excluding carboxylic acids is 1. The van der Waals surface area contributed by atoms with Crippen molar-refractivity contribution >= 4 is 22.5 Å². The molecular formula is C22H22N4O3. The first-order valence-electron chi connectivity index (χ1n) is 9.43. The number of rotatable bonds is 6. The van der Waals surface area contributed by atoms with Gasteiger partial charge in [0.25, 0.3) is 5.78 Å². The number of aryl methyl sites for hydroxylation is 2. The normalized spacial score (nSPS) is 11.1. The zero-order chi connectivity index (χ0) is 20.4. The molecule has 0 N–H and O–H groups in total. The van der Waals surface area contributed by atoms with Gasteiger partial charge in [-0.1, -0.05) is 18.2 Å². The van der Waals surface area contributed by atoms with Crippen molar-refractivity contribution in [2.75, 3.05) is 7.11 Å². The van der Waals surface area contributed by atoms with Gasteiger partial charge < -0.3 is 9.47 Å². The Labute approximate surface area is 168 Å². The Bertz CT molecular complexity index is 1200. The predicted octanol–water partition coefficient (Wildman–Crippen LogP) is 3.58. The average Bonchev–Trinajstić information content (AvgIpc) is 3.20. The first-order chi connectivity index (χ1) is 14.0. The van der Waals surface area contributed by atoms with E-state index in [1.165, 1.54) is 6.33 Å². The molecule has 0 aliphatic carbocycles. The average molecular weight is 390 g/mol. The number of benzene rings is 2. The second-order valence-corrected chi connectivity index (χ2v) is 6.94. The molecule has 148 valence electrons. The topological polar surface area (TPSA) is 78.6 Å². The lowest BCUT2D eigenvalue weighted by molar-refractivity contribution is -0.144. The van der Waals surface area contributed by atoms with E-state index in [2.05, 4.69) is 15.1 Å². The maximum atomic E-state index is 12.3. The van der Waals surface area contributed by atoms with Crippen LogP contribution in [0.25, 0.3) is 16.6 Å². The Hall–Kier alpha value is -3.48. The van der Waals surface area contributed by atoms with Crippen LogP contribution in [0.4, 0.5) is 0 Å². The number of fused-ring (bicyclic) bond motifs is 2. The Morgan fingerprint density at radius 3 is 2.72 bits per heavy atom. The molecule has 0 fully saturated rings. The number of carbonyl (C=O) groups is 1. The zero-order valence-electron chi connectivity index (χ0n) is 16.7. The molecule has 0 spiro atoms. The van der Waals surface area contributed by atoms with Crippen molar-refractivity contribution in [1.82, 2.24) is 19.6 Å². The summed E-state index contributed by atoms with van der Waals surface area (Å²) in [6.07, 6.45) is 2.32. The molecule has 0 saturated heterocycles. The molecule has 0 amide bonds. The number of methoxy groups -OCH3 is 1. The number of aromatic nitrogens is 4. The van der Waals surface area contributed by atoms with Crippen LogP contribution in [0.1, 0.15) is 28.9 Å². The van der Waals surface area contributed by atoms with E-state index >= 15 is 0 Å². The molecule has 7 heteroatoms. The molecule has 7 nitrogen and oxygen atoms in total. The number of esters is 1. The smallest absolute Gasteiger partial charge is 0.306 e. The van der Waals surface area contributed by atoms with E-state index < -0.39 is 0 Å². The number of ether oxygens (including phenoxy) is 2. The van der Waals surface area contributed by atoms with Gasteiger partial charge in [0.2, 0.25) is 0 Å². The number of hydrogen-bond acceptors (Lipinski definition) is 6. The molecule has 29 heavy (non-hydrogen) atoms. The fourth-order valence-corrected chi connectivity index (χ4v) is 3.47. The molecule has 4 rings (SSSR count). The lowest BCUT2D eigenvalue weighted by atomic mass is 10.1. The summed E-state index contributed by atoms with van der Waals surface area (Å²) in [5, 5.41) is 6.34. The molecular weight excluding hydrogens is 368 g/mol. The van der Waals surface area contributed by atoms with E-state index in [1.807, 2.05) is 50.2 Å². The summed E-state index contributed by atoms with van der Waals surface area (Å²) in [6, 6.07) is 11.9. The van der Waals surface area contributed by atoms with Crippen molar-refractivity contribution in [2.24, 2.45) is 0 Å². The van der Waals surface area contributed by atoms with Gasteiger partial charge in [0.15, 0.2) is 0 Å². The first kappa shape index (κ1) is 18.9. The van der Waals surface area contributed by atoms with Gasteiger partial charge in [-0.3, -0.25) is 4.79 Å². The minimum Gasteiger partial charge on any atom is -0.497 e. The molecule has 4 aromatic rings. The fraction of sp³-hybridized carbons (Fsp3) is 0.273. The van der Waals surface area contributed by atoms with E-state index in [-0.39, 0.29) is 19.0 Å². The monoisotopic (exact) mass is 390 g/mol. The molecule has 0 aliphatic rings. The van der Waals surface area contributed by atoms with Crippen LogP contribution in [0, 0.1) is 13.8 Å². The fourth-order valence-electron chi connectivity index (χ4n) is 3.47. The van der Waals surface area contributed by atoms with Crippen molar-refractivity contribution in [3.05, 3.63) is 65.2 Å². The van der Waals surface area contributed by atoms with Crippen molar-refractivity contribution in [2.45, 2.75) is 33.3 Å². The molecule has 2 aromatic heterocycles. The molecule has 0 atom stereocenters. The molecule has 0 unspecified atom stereocenters. The van der Waals surface area contributed by atoms with Gasteiger partial charge in [0.05, 0.1) is 7.11 Å². The van der Waals surface area contributed by atoms with Crippen LogP contribution in [-0.4, -0.2) is 32.7 Å². The quantitative estimate of drug-likeness (QED) is 0.468. The SMILES string of the molecule is COc1ccc2cc(COC(=O)CCc3c(C)nc4ncnn4c3C)ccc2c1. The third-order valence-corrected chi connectivity index (χ3v) is 5.08. The zero-order valence-corrected chi connectivity index (χ0v) is 16.7. The van der Waals surface area contributed by atoms with Crippen molar-refractivity contribution < 1.29 is 14.3 Å². The highest BCUT2D eigenvalue weighted by molar-refractivity contribution is 5.84. The largest absolute Gasteiger partial charge is 0.497 e. The highest BCUT2D eigenvalue weighted by Crippen LogP contribution is 2.22. The summed E-state index contributed by atoms with van der Waals surface area (Å²) in [6.45, 7) is 4.13. The van der Waals surface area contributed by atoms with E-state index in [0.717, 1.165) is 39.0 Å². The maximum absolute atomic E-state index is 12.3. The Balaban J connectivity index is 1.38. The summed E-state index contributed by atoms with van der Waals surface area (Å²) in [5.41, 5.74) is 3.76. The summed E-state index contributed by atoms with van der Waals surface area (Å²) < 4.78 is 12.4. The second kappa shape index (κ2) is 7.87. The van der Waals surface area contributed by atoms with E-state index in [1.54, 1.807) is 11.6 Å². The number of nitrogens with zero attached hydrogens (tertiary/aromatic N) is 4. The van der Waals surface area contributed by atoms with Crippen LogP contribution in [-0.2, 0) is 22.6 Å². The van der Waals surface area contributed by atoms with Gasteiger partial charge in [0.1, 0.15) is 18.7 Å². The van der Waals surface area contributed by atoms with Crippen molar-refractivity contribution in [3.8, 4) is 5.75 Å². The Morgan fingerprint density at radius 2 is 1.90 bits per heavy atom. The van der Waals surface area contributed by atoms with Crippen LogP contribution < -0.4 is 4.74 Å². The van der Waals surface area contributed by atoms with E-state index in [0.29, 0.717) is 12.2 Å². The van der Waals surface area contributed by atoms with Gasteiger partial charge in [-0.05, 0) is 60.4 Å². The summed E-state index contributed by atoms with van der Waals surface area (Å²) in [4.78, 5) is 20.8. The lowest BCUT2D eigenvalue weighted by Gasteiger charge is -2.10. The minimum atomic E-state index is -0.239. The Kier molecular flexibility index (Phi) is 5.12.